The van der Waals surface area contributed by atoms with Gasteiger partial charge in [0, 0.05) is 31.5 Å². The average molecular weight is 416 g/mol. The molecule has 1 aliphatic heterocycles. The number of nitrogens with zero attached hydrogens (tertiary/aromatic N) is 4. The van der Waals surface area contributed by atoms with Crippen LogP contribution in [0.2, 0.25) is 5.02 Å². The largest absolute Gasteiger partial charge is 0.371 e. The Bertz CT molecular complexity index is 1010. The smallest absolute Gasteiger partial charge is 0.270 e. The fourth-order valence-electron chi connectivity index (χ4n) is 3.64. The van der Waals surface area contributed by atoms with Crippen molar-refractivity contribution in [1.82, 2.24) is 19.7 Å². The summed E-state index contributed by atoms with van der Waals surface area (Å²) in [4.78, 5) is 23.6. The number of alkyl halides is 1. The topological polar surface area (TPSA) is 62.5 Å². The Hall–Kier alpha value is -2.67. The van der Waals surface area contributed by atoms with Crippen LogP contribution in [0.4, 0.5) is 10.1 Å². The molecule has 0 bridgehead atoms. The van der Waals surface area contributed by atoms with Crippen molar-refractivity contribution >= 4 is 29.0 Å². The lowest BCUT2D eigenvalue weighted by atomic mass is 10.1. The summed E-state index contributed by atoms with van der Waals surface area (Å²) in [7, 11) is 0. The zero-order chi connectivity index (χ0) is 20.4. The highest BCUT2D eigenvalue weighted by molar-refractivity contribution is 6.30. The highest BCUT2D eigenvalue weighted by Gasteiger charge is 2.20. The van der Waals surface area contributed by atoms with Crippen LogP contribution in [0.25, 0.3) is 5.78 Å². The van der Waals surface area contributed by atoms with E-state index in [1.807, 2.05) is 31.2 Å². The van der Waals surface area contributed by atoms with Gasteiger partial charge < -0.3 is 10.2 Å². The summed E-state index contributed by atoms with van der Waals surface area (Å²) in [6, 6.07) is 8.03. The maximum atomic E-state index is 13.3. The number of aromatic nitrogens is 3. The van der Waals surface area contributed by atoms with E-state index in [1.54, 1.807) is 10.6 Å². The van der Waals surface area contributed by atoms with Gasteiger partial charge >= 0.3 is 0 Å². The summed E-state index contributed by atoms with van der Waals surface area (Å²) in [6.07, 6.45) is 4.26. The van der Waals surface area contributed by atoms with E-state index in [4.69, 9.17) is 11.6 Å². The predicted octanol–water partition coefficient (Wildman–Crippen LogP) is 3.81. The van der Waals surface area contributed by atoms with Crippen molar-refractivity contribution in [3.05, 3.63) is 58.6 Å². The van der Waals surface area contributed by atoms with Crippen molar-refractivity contribution in [2.75, 3.05) is 18.0 Å². The molecular weight excluding hydrogens is 393 g/mol. The van der Waals surface area contributed by atoms with Gasteiger partial charge in [-0.25, -0.2) is 14.4 Å². The fraction of sp³-hybridized carbons (Fsp3) is 0.381. The van der Waals surface area contributed by atoms with E-state index in [9.17, 15) is 9.18 Å². The first-order chi connectivity index (χ1) is 14.0. The second-order valence-electron chi connectivity index (χ2n) is 7.21. The van der Waals surface area contributed by atoms with Gasteiger partial charge in [0.25, 0.3) is 5.91 Å². The lowest BCUT2D eigenvalue weighted by Crippen LogP contribution is -2.34. The van der Waals surface area contributed by atoms with Crippen molar-refractivity contribution in [3.63, 3.8) is 0 Å². The molecule has 1 fully saturated rings. The number of aryl methyl sites for hydroxylation is 1. The van der Waals surface area contributed by atoms with Crippen molar-refractivity contribution in [3.8, 4) is 0 Å². The molecule has 1 N–H and O–H groups in total. The number of halogens is 2. The molecule has 2 aromatic heterocycles. The number of nitrogens with one attached hydrogen (secondary N) is 1. The molecule has 4 rings (SSSR count). The zero-order valence-electron chi connectivity index (χ0n) is 16.2. The number of hydrogen-bond acceptors (Lipinski definition) is 4. The second kappa shape index (κ2) is 8.37. The molecule has 1 saturated heterocycles. The summed E-state index contributed by atoms with van der Waals surface area (Å²) in [5.41, 5.74) is 3.22. The van der Waals surface area contributed by atoms with E-state index in [1.165, 1.54) is 6.20 Å². The Balaban J connectivity index is 1.45. The van der Waals surface area contributed by atoms with Gasteiger partial charge in [-0.15, -0.1) is 0 Å². The van der Waals surface area contributed by atoms with E-state index in [-0.39, 0.29) is 5.91 Å². The molecule has 6 nitrogen and oxygen atoms in total. The van der Waals surface area contributed by atoms with Gasteiger partial charge in [0.15, 0.2) is 0 Å². The number of piperidine rings is 1. The Morgan fingerprint density at radius 3 is 2.69 bits per heavy atom. The number of fused-ring (bicyclic) bond motifs is 1. The van der Waals surface area contributed by atoms with Crippen LogP contribution >= 0.6 is 11.6 Å². The maximum absolute atomic E-state index is 13.3. The van der Waals surface area contributed by atoms with Crippen LogP contribution in [0.5, 0.6) is 0 Å². The Labute approximate surface area is 173 Å². The van der Waals surface area contributed by atoms with Crippen LogP contribution in [-0.4, -0.2) is 39.5 Å². The molecule has 1 amide bonds. The van der Waals surface area contributed by atoms with E-state index in [0.717, 1.165) is 24.3 Å². The third kappa shape index (κ3) is 4.19. The summed E-state index contributed by atoms with van der Waals surface area (Å²) in [5.74, 6) is 0.241. The molecule has 1 aliphatic rings. The standard InChI is InChI=1S/C21H23ClFN5O/c1-2-18-19(28-13-15(22)12-25-21(28)26-18)20(29)24-11-14-3-5-17(6-4-14)27-9-7-16(23)8-10-27/h3-6,12-13,16H,2,7-11H2,1H3,(H,24,29). The number of rotatable bonds is 5. The lowest BCUT2D eigenvalue weighted by Gasteiger charge is -2.30. The molecule has 0 aliphatic carbocycles. The minimum atomic E-state index is -0.682. The van der Waals surface area contributed by atoms with Gasteiger partial charge in [-0.3, -0.25) is 9.20 Å². The number of anilines is 1. The normalized spacial score (nSPS) is 15.1. The minimum Gasteiger partial charge on any atom is -0.371 e. The number of carbonyl (C=O) groups is 1. The first-order valence-electron chi connectivity index (χ1n) is 9.83. The molecule has 0 radical (unpaired) electrons. The van der Waals surface area contributed by atoms with E-state index in [2.05, 4.69) is 20.2 Å². The molecule has 152 valence electrons. The quantitative estimate of drug-likeness (QED) is 0.688. The Kier molecular flexibility index (Phi) is 5.67. The predicted molar refractivity (Wildman–Crippen MR) is 111 cm³/mol. The van der Waals surface area contributed by atoms with Crippen LogP contribution < -0.4 is 10.2 Å². The van der Waals surface area contributed by atoms with Gasteiger partial charge in [0.05, 0.1) is 16.9 Å². The molecule has 0 unspecified atom stereocenters. The second-order valence-corrected chi connectivity index (χ2v) is 7.65. The number of benzene rings is 1. The molecular formula is C21H23ClFN5O. The van der Waals surface area contributed by atoms with Gasteiger partial charge in [-0.1, -0.05) is 30.7 Å². The monoisotopic (exact) mass is 415 g/mol. The van der Waals surface area contributed by atoms with E-state index < -0.39 is 6.17 Å². The van der Waals surface area contributed by atoms with Crippen LogP contribution in [0.1, 0.15) is 41.5 Å². The molecule has 3 heterocycles. The highest BCUT2D eigenvalue weighted by atomic mass is 35.5. The highest BCUT2D eigenvalue weighted by Crippen LogP contribution is 2.22. The third-order valence-electron chi connectivity index (χ3n) is 5.25. The summed E-state index contributed by atoms with van der Waals surface area (Å²) >= 11 is 6.04. The Morgan fingerprint density at radius 2 is 2.00 bits per heavy atom. The summed E-state index contributed by atoms with van der Waals surface area (Å²) in [5, 5.41) is 3.40. The molecule has 1 aromatic carbocycles. The molecule has 3 aromatic rings. The number of imidazole rings is 1. The molecule has 0 saturated carbocycles. The first kappa shape index (κ1) is 19.6. The molecule has 0 spiro atoms. The van der Waals surface area contributed by atoms with Gasteiger partial charge in [-0.05, 0) is 37.0 Å². The van der Waals surface area contributed by atoms with Crippen LogP contribution in [0.15, 0.2) is 36.7 Å². The van der Waals surface area contributed by atoms with Crippen molar-refractivity contribution in [2.45, 2.75) is 38.9 Å². The first-order valence-corrected chi connectivity index (χ1v) is 10.2. The van der Waals surface area contributed by atoms with E-state index in [0.29, 0.717) is 48.0 Å². The number of carbonyl (C=O) groups excluding carboxylic acids is 1. The Morgan fingerprint density at radius 1 is 1.28 bits per heavy atom. The lowest BCUT2D eigenvalue weighted by molar-refractivity contribution is 0.0944. The van der Waals surface area contributed by atoms with Crippen LogP contribution in [0.3, 0.4) is 0 Å². The number of hydrogen-bond donors (Lipinski definition) is 1. The average Bonchev–Trinajstić information content (AvgIpc) is 3.11. The zero-order valence-corrected chi connectivity index (χ0v) is 17.0. The van der Waals surface area contributed by atoms with Gasteiger partial charge in [0.1, 0.15) is 11.9 Å². The molecule has 0 atom stereocenters. The van der Waals surface area contributed by atoms with Crippen LogP contribution in [0, 0.1) is 0 Å². The maximum Gasteiger partial charge on any atom is 0.270 e. The number of amides is 1. The van der Waals surface area contributed by atoms with Crippen molar-refractivity contribution < 1.29 is 9.18 Å². The molecule has 29 heavy (non-hydrogen) atoms. The fourth-order valence-corrected chi connectivity index (χ4v) is 3.79. The van der Waals surface area contributed by atoms with E-state index >= 15 is 0 Å². The summed E-state index contributed by atoms with van der Waals surface area (Å²) < 4.78 is 15.0. The molecule has 8 heteroatoms. The summed E-state index contributed by atoms with van der Waals surface area (Å²) in [6.45, 7) is 3.82. The van der Waals surface area contributed by atoms with Gasteiger partial charge in [0.2, 0.25) is 5.78 Å². The third-order valence-corrected chi connectivity index (χ3v) is 5.44. The van der Waals surface area contributed by atoms with Crippen molar-refractivity contribution in [1.29, 1.82) is 0 Å². The van der Waals surface area contributed by atoms with Gasteiger partial charge in [-0.2, -0.15) is 0 Å². The van der Waals surface area contributed by atoms with Crippen LogP contribution in [-0.2, 0) is 13.0 Å². The van der Waals surface area contributed by atoms with Crippen molar-refractivity contribution in [2.24, 2.45) is 0 Å². The minimum absolute atomic E-state index is 0.215. The SMILES string of the molecule is CCc1nc2ncc(Cl)cn2c1C(=O)NCc1ccc(N2CCC(F)CC2)cc1.